The first-order chi connectivity index (χ1) is 5.95. The molecule has 0 heterocycles. The summed E-state index contributed by atoms with van der Waals surface area (Å²) in [5.41, 5.74) is 0. The largest absolute Gasteiger partial charge is 0.214 e. The second-order valence-electron chi connectivity index (χ2n) is 3.19. The molecule has 0 spiro atoms. The molecular weight excluding hydrogens is 254 g/mol. The van der Waals surface area contributed by atoms with Crippen LogP contribution in [0.3, 0.4) is 0 Å². The van der Waals surface area contributed by atoms with Crippen LogP contribution in [-0.4, -0.2) is 36.9 Å². The molecule has 80 valence electrons. The molecule has 13 heavy (non-hydrogen) atoms. The lowest BCUT2D eigenvalue weighted by atomic mass is 10.4. The molecule has 0 fully saturated rings. The molecule has 0 aliphatic carbocycles. The van der Waals surface area contributed by atoms with Gasteiger partial charge in [-0.25, -0.2) is 12.7 Å². The Labute approximate surface area is 89.7 Å². The molecule has 0 aliphatic heterocycles. The van der Waals surface area contributed by atoms with Crippen molar-refractivity contribution in [1.29, 1.82) is 0 Å². The number of unbranched alkanes of at least 4 members (excludes halogenated alkanes) is 1. The zero-order valence-corrected chi connectivity index (χ0v) is 10.9. The van der Waals surface area contributed by atoms with E-state index in [1.54, 1.807) is 7.05 Å². The molecule has 0 amide bonds. The van der Waals surface area contributed by atoms with E-state index in [0.29, 0.717) is 5.33 Å². The zero-order chi connectivity index (χ0) is 10.5. The SMILES string of the molecule is CCCCS(=O)(=O)N(C)C(C)CBr. The van der Waals surface area contributed by atoms with Crippen LogP contribution in [0.1, 0.15) is 26.7 Å². The number of hydrogen-bond donors (Lipinski definition) is 0. The molecule has 1 atom stereocenters. The zero-order valence-electron chi connectivity index (χ0n) is 8.46. The van der Waals surface area contributed by atoms with Crippen LogP contribution >= 0.6 is 15.9 Å². The third-order valence-electron chi connectivity index (χ3n) is 2.04. The van der Waals surface area contributed by atoms with Crippen LogP contribution in [0.4, 0.5) is 0 Å². The van der Waals surface area contributed by atoms with Crippen molar-refractivity contribution in [3.63, 3.8) is 0 Å². The van der Waals surface area contributed by atoms with Gasteiger partial charge in [-0.2, -0.15) is 0 Å². The van der Waals surface area contributed by atoms with Crippen LogP contribution in [0.5, 0.6) is 0 Å². The Morgan fingerprint density at radius 1 is 1.46 bits per heavy atom. The van der Waals surface area contributed by atoms with Crippen LogP contribution in [0.2, 0.25) is 0 Å². The quantitative estimate of drug-likeness (QED) is 0.692. The molecule has 0 aromatic rings. The molecule has 0 radical (unpaired) electrons. The first-order valence-electron chi connectivity index (χ1n) is 4.47. The van der Waals surface area contributed by atoms with E-state index in [2.05, 4.69) is 15.9 Å². The monoisotopic (exact) mass is 271 g/mol. The van der Waals surface area contributed by atoms with Gasteiger partial charge in [-0.3, -0.25) is 0 Å². The Kier molecular flexibility index (Phi) is 6.16. The van der Waals surface area contributed by atoms with Gasteiger partial charge in [-0.15, -0.1) is 0 Å². The summed E-state index contributed by atoms with van der Waals surface area (Å²) < 4.78 is 24.6. The van der Waals surface area contributed by atoms with Crippen LogP contribution in [0.15, 0.2) is 0 Å². The highest BCUT2D eigenvalue weighted by Gasteiger charge is 2.21. The van der Waals surface area contributed by atoms with Crippen LogP contribution in [0, 0.1) is 0 Å². The van der Waals surface area contributed by atoms with Gasteiger partial charge in [0.2, 0.25) is 10.0 Å². The second-order valence-corrected chi connectivity index (χ2v) is 5.98. The molecule has 0 aliphatic rings. The summed E-state index contributed by atoms with van der Waals surface area (Å²) in [7, 11) is -1.39. The van der Waals surface area contributed by atoms with Crippen molar-refractivity contribution >= 4 is 26.0 Å². The maximum Gasteiger partial charge on any atom is 0.214 e. The number of hydrogen-bond acceptors (Lipinski definition) is 2. The van der Waals surface area contributed by atoms with E-state index in [1.807, 2.05) is 13.8 Å². The standard InChI is InChI=1S/C8H18BrNO2S/c1-4-5-6-13(11,12)10(3)8(2)7-9/h8H,4-7H2,1-3H3. The van der Waals surface area contributed by atoms with Gasteiger partial charge < -0.3 is 0 Å². The van der Waals surface area contributed by atoms with E-state index in [-0.39, 0.29) is 11.8 Å². The van der Waals surface area contributed by atoms with Crippen molar-refractivity contribution in [2.24, 2.45) is 0 Å². The lowest BCUT2D eigenvalue weighted by Gasteiger charge is -2.22. The first kappa shape index (κ1) is 13.4. The average Bonchev–Trinajstić information content (AvgIpc) is 2.12. The van der Waals surface area contributed by atoms with Crippen molar-refractivity contribution in [3.8, 4) is 0 Å². The summed E-state index contributed by atoms with van der Waals surface area (Å²) in [4.78, 5) is 0. The molecule has 1 unspecified atom stereocenters. The van der Waals surface area contributed by atoms with E-state index >= 15 is 0 Å². The number of sulfonamides is 1. The summed E-state index contributed by atoms with van der Waals surface area (Å²) in [6, 6.07) is 0.0295. The third-order valence-corrected chi connectivity index (χ3v) is 5.02. The van der Waals surface area contributed by atoms with Gasteiger partial charge in [0, 0.05) is 18.4 Å². The molecule has 0 N–H and O–H groups in total. The van der Waals surface area contributed by atoms with E-state index in [1.165, 1.54) is 4.31 Å². The van der Waals surface area contributed by atoms with Gasteiger partial charge in [0.15, 0.2) is 0 Å². The van der Waals surface area contributed by atoms with Gasteiger partial charge in [-0.05, 0) is 13.3 Å². The van der Waals surface area contributed by atoms with Crippen LogP contribution < -0.4 is 0 Å². The lowest BCUT2D eigenvalue weighted by molar-refractivity contribution is 0.415. The molecule has 0 aromatic carbocycles. The van der Waals surface area contributed by atoms with Crippen molar-refractivity contribution in [1.82, 2.24) is 4.31 Å². The van der Waals surface area contributed by atoms with Crippen LogP contribution in [0.25, 0.3) is 0 Å². The maximum atomic E-state index is 11.6. The fraction of sp³-hybridized carbons (Fsp3) is 1.00. The predicted molar refractivity (Wildman–Crippen MR) is 59.7 cm³/mol. The Balaban J connectivity index is 4.28. The Morgan fingerprint density at radius 3 is 2.38 bits per heavy atom. The normalized spacial score (nSPS) is 14.8. The molecule has 0 aromatic heterocycles. The molecule has 3 nitrogen and oxygen atoms in total. The number of halogens is 1. The van der Waals surface area contributed by atoms with Crippen LogP contribution in [-0.2, 0) is 10.0 Å². The number of nitrogens with zero attached hydrogens (tertiary/aromatic N) is 1. The summed E-state index contributed by atoms with van der Waals surface area (Å²) in [6.45, 7) is 3.88. The lowest BCUT2D eigenvalue weighted by Crippen LogP contribution is -2.37. The first-order valence-corrected chi connectivity index (χ1v) is 7.20. The summed E-state index contributed by atoms with van der Waals surface area (Å²) in [5, 5.41) is 0.675. The van der Waals surface area contributed by atoms with Gasteiger partial charge in [0.25, 0.3) is 0 Å². The van der Waals surface area contributed by atoms with Crippen molar-refractivity contribution in [2.75, 3.05) is 18.1 Å². The average molecular weight is 272 g/mol. The molecular formula is C8H18BrNO2S. The number of alkyl halides is 1. The summed E-state index contributed by atoms with van der Waals surface area (Å²) in [5.74, 6) is 0.261. The highest BCUT2D eigenvalue weighted by Crippen LogP contribution is 2.08. The Hall–Kier alpha value is 0.390. The highest BCUT2D eigenvalue weighted by atomic mass is 79.9. The number of rotatable bonds is 6. The summed E-state index contributed by atoms with van der Waals surface area (Å²) >= 11 is 3.27. The Bertz CT molecular complexity index is 228. The van der Waals surface area contributed by atoms with E-state index in [9.17, 15) is 8.42 Å². The van der Waals surface area contributed by atoms with E-state index < -0.39 is 10.0 Å². The van der Waals surface area contributed by atoms with Gasteiger partial charge in [0.05, 0.1) is 5.75 Å². The highest BCUT2D eigenvalue weighted by molar-refractivity contribution is 9.09. The van der Waals surface area contributed by atoms with Gasteiger partial charge in [0.1, 0.15) is 0 Å². The van der Waals surface area contributed by atoms with Gasteiger partial charge in [-0.1, -0.05) is 29.3 Å². The topological polar surface area (TPSA) is 37.4 Å². The Morgan fingerprint density at radius 2 is 2.00 bits per heavy atom. The maximum absolute atomic E-state index is 11.6. The third kappa shape index (κ3) is 4.42. The van der Waals surface area contributed by atoms with Crippen molar-refractivity contribution < 1.29 is 8.42 Å². The van der Waals surface area contributed by atoms with Gasteiger partial charge >= 0.3 is 0 Å². The molecule has 0 rings (SSSR count). The van der Waals surface area contributed by atoms with Crippen molar-refractivity contribution in [3.05, 3.63) is 0 Å². The minimum atomic E-state index is -3.03. The van der Waals surface area contributed by atoms with E-state index in [0.717, 1.165) is 12.8 Å². The molecule has 0 saturated carbocycles. The predicted octanol–water partition coefficient (Wildman–Crippen LogP) is 1.83. The molecule has 5 heteroatoms. The minimum absolute atomic E-state index is 0.0295. The minimum Gasteiger partial charge on any atom is -0.212 e. The van der Waals surface area contributed by atoms with E-state index in [4.69, 9.17) is 0 Å². The molecule has 0 saturated heterocycles. The smallest absolute Gasteiger partial charge is 0.212 e. The molecule has 0 bridgehead atoms. The second kappa shape index (κ2) is 5.98. The van der Waals surface area contributed by atoms with Crippen molar-refractivity contribution in [2.45, 2.75) is 32.7 Å². The summed E-state index contributed by atoms with van der Waals surface area (Å²) in [6.07, 6.45) is 1.65. The fourth-order valence-corrected chi connectivity index (χ4v) is 3.03. The fourth-order valence-electron chi connectivity index (χ4n) is 0.842.